The van der Waals surface area contributed by atoms with Gasteiger partial charge in [-0.3, -0.25) is 4.98 Å². The van der Waals surface area contributed by atoms with Crippen molar-refractivity contribution in [3.8, 4) is 5.75 Å². The molecule has 1 aromatic rings. The van der Waals surface area contributed by atoms with Gasteiger partial charge >= 0.3 is 0 Å². The number of pyridine rings is 1. The van der Waals surface area contributed by atoms with Crippen molar-refractivity contribution in [1.29, 1.82) is 0 Å². The van der Waals surface area contributed by atoms with Crippen molar-refractivity contribution >= 4 is 0 Å². The molecule has 0 aliphatic carbocycles. The molecule has 0 fully saturated rings. The molecule has 0 radical (unpaired) electrons. The van der Waals surface area contributed by atoms with Gasteiger partial charge in [0.25, 0.3) is 0 Å². The van der Waals surface area contributed by atoms with Crippen molar-refractivity contribution < 1.29 is 4.74 Å². The summed E-state index contributed by atoms with van der Waals surface area (Å²) in [5.41, 5.74) is 7.37. The summed E-state index contributed by atoms with van der Waals surface area (Å²) >= 11 is 0. The van der Waals surface area contributed by atoms with E-state index in [0.29, 0.717) is 6.54 Å². The van der Waals surface area contributed by atoms with Crippen LogP contribution in [-0.2, 0) is 6.54 Å². The summed E-state index contributed by atoms with van der Waals surface area (Å²) in [6.07, 6.45) is 0.998. The molecule has 2 N–H and O–H groups in total. The predicted molar refractivity (Wildman–Crippen MR) is 52.7 cm³/mol. The number of nitrogens with two attached hydrogens (primary N) is 1. The third-order valence-corrected chi connectivity index (χ3v) is 1.73. The lowest BCUT2D eigenvalue weighted by molar-refractivity contribution is 0.312. The highest BCUT2D eigenvalue weighted by molar-refractivity contribution is 5.28. The van der Waals surface area contributed by atoms with Gasteiger partial charge < -0.3 is 10.5 Å². The van der Waals surface area contributed by atoms with E-state index in [9.17, 15) is 0 Å². The number of rotatable bonds is 4. The topological polar surface area (TPSA) is 48.1 Å². The van der Waals surface area contributed by atoms with Gasteiger partial charge in [-0.2, -0.15) is 0 Å². The molecule has 1 rings (SSSR count). The highest BCUT2D eigenvalue weighted by Gasteiger charge is 2.02. The molecule has 0 amide bonds. The van der Waals surface area contributed by atoms with E-state index in [-0.39, 0.29) is 0 Å². The van der Waals surface area contributed by atoms with Gasteiger partial charge in [0.1, 0.15) is 5.75 Å². The van der Waals surface area contributed by atoms with Gasteiger partial charge in [0.15, 0.2) is 0 Å². The number of hydrogen-bond donors (Lipinski definition) is 1. The van der Waals surface area contributed by atoms with E-state index in [1.807, 2.05) is 19.1 Å². The minimum Gasteiger partial charge on any atom is -0.492 e. The zero-order valence-corrected chi connectivity index (χ0v) is 8.21. The van der Waals surface area contributed by atoms with Crippen LogP contribution < -0.4 is 10.5 Å². The minimum absolute atomic E-state index is 0.431. The highest BCUT2D eigenvalue weighted by Crippen LogP contribution is 2.16. The summed E-state index contributed by atoms with van der Waals surface area (Å²) in [5, 5.41) is 0. The van der Waals surface area contributed by atoms with Crippen LogP contribution in [0, 0.1) is 6.92 Å². The zero-order chi connectivity index (χ0) is 9.68. The van der Waals surface area contributed by atoms with Crippen LogP contribution in [0.4, 0.5) is 0 Å². The van der Waals surface area contributed by atoms with Crippen LogP contribution in [0.25, 0.3) is 0 Å². The van der Waals surface area contributed by atoms with Crippen LogP contribution in [0.5, 0.6) is 5.75 Å². The van der Waals surface area contributed by atoms with Crippen molar-refractivity contribution in [3.05, 3.63) is 23.5 Å². The van der Waals surface area contributed by atoms with E-state index < -0.39 is 0 Å². The summed E-state index contributed by atoms with van der Waals surface area (Å²) in [6, 6.07) is 3.87. The van der Waals surface area contributed by atoms with Gasteiger partial charge in [-0.1, -0.05) is 6.92 Å². The Bertz CT molecular complexity index is 274. The molecule has 0 aliphatic heterocycles. The predicted octanol–water partition coefficient (Wildman–Crippen LogP) is 1.64. The molecule has 0 saturated heterocycles. The molecule has 0 saturated carbocycles. The maximum Gasteiger partial charge on any atom is 0.142 e. The summed E-state index contributed by atoms with van der Waals surface area (Å²) in [7, 11) is 0. The van der Waals surface area contributed by atoms with E-state index in [0.717, 1.165) is 30.2 Å². The third kappa shape index (κ3) is 2.70. The Morgan fingerprint density at radius 1 is 1.46 bits per heavy atom. The maximum atomic E-state index is 5.55. The lowest BCUT2D eigenvalue weighted by atomic mass is 10.3. The molecule has 3 heteroatoms. The minimum atomic E-state index is 0.431. The monoisotopic (exact) mass is 180 g/mol. The molecular weight excluding hydrogens is 164 g/mol. The molecule has 0 aromatic carbocycles. The zero-order valence-electron chi connectivity index (χ0n) is 8.21. The summed E-state index contributed by atoms with van der Waals surface area (Å²) in [5.74, 6) is 0.815. The molecule has 3 nitrogen and oxygen atoms in total. The Morgan fingerprint density at radius 3 is 2.85 bits per heavy atom. The highest BCUT2D eigenvalue weighted by atomic mass is 16.5. The Hall–Kier alpha value is -1.09. The number of aromatic nitrogens is 1. The Morgan fingerprint density at radius 2 is 2.23 bits per heavy atom. The standard InChI is InChI=1S/C10H16N2O/c1-3-6-13-10-5-4-8(2)12-9(10)7-11/h4-5H,3,6-7,11H2,1-2H3. The first kappa shape index (κ1) is 9.99. The average Bonchev–Trinajstić information content (AvgIpc) is 2.16. The van der Waals surface area contributed by atoms with Gasteiger partial charge in [0, 0.05) is 12.2 Å². The lowest BCUT2D eigenvalue weighted by Crippen LogP contribution is -2.06. The first-order chi connectivity index (χ1) is 6.27. The van der Waals surface area contributed by atoms with Crippen LogP contribution in [0.1, 0.15) is 24.7 Å². The number of hydrogen-bond acceptors (Lipinski definition) is 3. The molecule has 1 heterocycles. The van der Waals surface area contributed by atoms with Crippen LogP contribution in [-0.4, -0.2) is 11.6 Å². The second-order valence-electron chi connectivity index (χ2n) is 2.95. The van der Waals surface area contributed by atoms with Gasteiger partial charge in [-0.25, -0.2) is 0 Å². The Labute approximate surface area is 78.9 Å². The first-order valence-electron chi connectivity index (χ1n) is 4.57. The third-order valence-electron chi connectivity index (χ3n) is 1.73. The van der Waals surface area contributed by atoms with Gasteiger partial charge in [-0.05, 0) is 25.5 Å². The number of aryl methyl sites for hydroxylation is 1. The normalized spacial score (nSPS) is 10.1. The van der Waals surface area contributed by atoms with Crippen LogP contribution in [0.3, 0.4) is 0 Å². The SMILES string of the molecule is CCCOc1ccc(C)nc1CN. The number of nitrogens with zero attached hydrogens (tertiary/aromatic N) is 1. The maximum absolute atomic E-state index is 5.55. The summed E-state index contributed by atoms with van der Waals surface area (Å²) < 4.78 is 5.49. The van der Waals surface area contributed by atoms with Crippen molar-refractivity contribution in [3.63, 3.8) is 0 Å². The van der Waals surface area contributed by atoms with Crippen molar-refractivity contribution in [1.82, 2.24) is 4.98 Å². The lowest BCUT2D eigenvalue weighted by Gasteiger charge is -2.08. The molecule has 0 bridgehead atoms. The summed E-state index contributed by atoms with van der Waals surface area (Å²) in [6.45, 7) is 5.17. The quantitative estimate of drug-likeness (QED) is 0.766. The van der Waals surface area contributed by atoms with E-state index in [1.54, 1.807) is 0 Å². The van der Waals surface area contributed by atoms with Crippen LogP contribution in [0.2, 0.25) is 0 Å². The van der Waals surface area contributed by atoms with Gasteiger partial charge in [0.05, 0.1) is 12.3 Å². The van der Waals surface area contributed by atoms with Crippen molar-refractivity contribution in [2.24, 2.45) is 5.73 Å². The second kappa shape index (κ2) is 4.82. The Kier molecular flexibility index (Phi) is 3.71. The Balaban J connectivity index is 2.79. The van der Waals surface area contributed by atoms with E-state index in [2.05, 4.69) is 11.9 Å². The first-order valence-corrected chi connectivity index (χ1v) is 4.57. The van der Waals surface area contributed by atoms with Gasteiger partial charge in [0.2, 0.25) is 0 Å². The molecule has 0 atom stereocenters. The van der Waals surface area contributed by atoms with E-state index in [4.69, 9.17) is 10.5 Å². The summed E-state index contributed by atoms with van der Waals surface area (Å²) in [4.78, 5) is 4.29. The van der Waals surface area contributed by atoms with E-state index >= 15 is 0 Å². The van der Waals surface area contributed by atoms with Crippen LogP contribution >= 0.6 is 0 Å². The molecule has 0 spiro atoms. The second-order valence-corrected chi connectivity index (χ2v) is 2.95. The number of ether oxygens (including phenoxy) is 1. The molecule has 13 heavy (non-hydrogen) atoms. The fourth-order valence-electron chi connectivity index (χ4n) is 1.09. The molecule has 0 unspecified atom stereocenters. The van der Waals surface area contributed by atoms with Gasteiger partial charge in [-0.15, -0.1) is 0 Å². The fraction of sp³-hybridized carbons (Fsp3) is 0.500. The fourth-order valence-corrected chi connectivity index (χ4v) is 1.09. The van der Waals surface area contributed by atoms with Crippen LogP contribution in [0.15, 0.2) is 12.1 Å². The molecule has 72 valence electrons. The molecule has 0 aliphatic rings. The molecule has 1 aromatic heterocycles. The smallest absolute Gasteiger partial charge is 0.142 e. The largest absolute Gasteiger partial charge is 0.492 e. The average molecular weight is 180 g/mol. The molecular formula is C10H16N2O. The van der Waals surface area contributed by atoms with E-state index in [1.165, 1.54) is 0 Å². The van der Waals surface area contributed by atoms with Crippen molar-refractivity contribution in [2.45, 2.75) is 26.8 Å². The van der Waals surface area contributed by atoms with Crippen molar-refractivity contribution in [2.75, 3.05) is 6.61 Å².